The largest absolute Gasteiger partial charge is 0.474 e. The molecule has 0 bridgehead atoms. The molecule has 0 amide bonds. The molecule has 1 aliphatic heterocycles. The third-order valence-electron chi connectivity index (χ3n) is 5.08. The summed E-state index contributed by atoms with van der Waals surface area (Å²) in [6.45, 7) is 12.3. The van der Waals surface area contributed by atoms with Crippen LogP contribution in [0.4, 0.5) is 0 Å². The van der Waals surface area contributed by atoms with E-state index in [-0.39, 0.29) is 5.92 Å². The minimum absolute atomic E-state index is 0.355. The van der Waals surface area contributed by atoms with Crippen LogP contribution in [0.15, 0.2) is 53.0 Å². The maximum Gasteiger partial charge on any atom is 0.240 e. The van der Waals surface area contributed by atoms with Gasteiger partial charge < -0.3 is 4.74 Å². The van der Waals surface area contributed by atoms with E-state index >= 15 is 0 Å². The van der Waals surface area contributed by atoms with Crippen molar-refractivity contribution in [3.05, 3.63) is 65.0 Å². The van der Waals surface area contributed by atoms with Gasteiger partial charge in [-0.05, 0) is 37.6 Å². The van der Waals surface area contributed by atoms with Crippen molar-refractivity contribution in [1.29, 1.82) is 5.26 Å². The monoisotopic (exact) mass is 385 g/mol. The molecule has 2 unspecified atom stereocenters. The van der Waals surface area contributed by atoms with Gasteiger partial charge in [0.05, 0.1) is 36.0 Å². The zero-order valence-electron chi connectivity index (χ0n) is 16.1. The molecule has 0 saturated carbocycles. The van der Waals surface area contributed by atoms with Gasteiger partial charge in [0.15, 0.2) is 5.70 Å². The third kappa shape index (κ3) is 3.37. The lowest BCUT2D eigenvalue weighted by atomic mass is 9.79. The predicted molar refractivity (Wildman–Crippen MR) is 108 cm³/mol. The number of H-pyrrole nitrogens is 1. The number of aromatic amines is 1. The highest BCUT2D eigenvalue weighted by atomic mass is 16.5. The first-order valence-electron chi connectivity index (χ1n) is 9.23. The molecule has 8 nitrogen and oxygen atoms in total. The Bertz CT molecular complexity index is 1190. The molecule has 1 aliphatic rings. The van der Waals surface area contributed by atoms with Crippen LogP contribution < -0.4 is 4.74 Å². The van der Waals surface area contributed by atoms with E-state index in [0.717, 1.165) is 22.2 Å². The van der Waals surface area contributed by atoms with Gasteiger partial charge in [0.2, 0.25) is 5.88 Å². The van der Waals surface area contributed by atoms with E-state index in [9.17, 15) is 5.26 Å². The Morgan fingerprint density at radius 1 is 1.38 bits per heavy atom. The Kier molecular flexibility index (Phi) is 4.84. The number of aromatic nitrogens is 4. The summed E-state index contributed by atoms with van der Waals surface area (Å²) in [6.07, 6.45) is 3.60. The molecular weight excluding hydrogens is 366 g/mol. The van der Waals surface area contributed by atoms with Crippen molar-refractivity contribution in [2.75, 3.05) is 6.61 Å². The molecule has 144 valence electrons. The molecule has 0 saturated heterocycles. The molecule has 29 heavy (non-hydrogen) atoms. The maximum atomic E-state index is 9.72. The summed E-state index contributed by atoms with van der Waals surface area (Å²) in [5.74, 6) is -0.337. The lowest BCUT2D eigenvalue weighted by Gasteiger charge is -2.26. The van der Waals surface area contributed by atoms with E-state index in [4.69, 9.17) is 11.3 Å². The maximum absolute atomic E-state index is 9.72. The summed E-state index contributed by atoms with van der Waals surface area (Å²) < 4.78 is 7.65. The highest BCUT2D eigenvalue weighted by molar-refractivity contribution is 5.91. The first-order chi connectivity index (χ1) is 14.1. The van der Waals surface area contributed by atoms with Crippen molar-refractivity contribution in [2.24, 2.45) is 10.9 Å². The zero-order chi connectivity index (χ0) is 20.4. The normalized spacial score (nSPS) is 19.0. The minimum atomic E-state index is -0.476. The van der Waals surface area contributed by atoms with Gasteiger partial charge in [-0.3, -0.25) is 14.8 Å². The Hall–Kier alpha value is -3.91. The van der Waals surface area contributed by atoms with Crippen LogP contribution in [-0.2, 0) is 6.54 Å². The molecule has 0 spiro atoms. The molecule has 3 aromatic rings. The number of hydrogen-bond acceptors (Lipinski definition) is 5. The van der Waals surface area contributed by atoms with E-state index in [1.54, 1.807) is 10.9 Å². The van der Waals surface area contributed by atoms with E-state index in [1.807, 2.05) is 44.3 Å². The number of ether oxygens (including phenoxy) is 1. The standard InChI is InChI=1S/C21H19N7O/c1-13-17(12-22)19(20(23-3)14(2)25-13)15-5-6-18-16(11-15)21(27-26-18)29-10-9-28-8-4-7-24-28/h4-8,11,17,19H,9-10H2,1-2H3,(H,26,27). The molecule has 0 radical (unpaired) electrons. The van der Waals surface area contributed by atoms with Crippen LogP contribution in [-0.4, -0.2) is 32.3 Å². The Morgan fingerprint density at radius 3 is 2.97 bits per heavy atom. The van der Waals surface area contributed by atoms with Crippen molar-refractivity contribution in [3.63, 3.8) is 0 Å². The molecule has 8 heteroatoms. The van der Waals surface area contributed by atoms with Gasteiger partial charge in [0.1, 0.15) is 6.61 Å². The molecule has 1 aromatic carbocycles. The Balaban J connectivity index is 1.67. The number of fused-ring (bicyclic) bond motifs is 1. The second-order valence-corrected chi connectivity index (χ2v) is 6.87. The molecule has 2 atom stereocenters. The van der Waals surface area contributed by atoms with E-state index in [1.165, 1.54) is 0 Å². The van der Waals surface area contributed by atoms with Crippen LogP contribution >= 0.6 is 0 Å². The fraction of sp³-hybridized carbons (Fsp3) is 0.286. The highest BCUT2D eigenvalue weighted by Crippen LogP contribution is 2.40. The predicted octanol–water partition coefficient (Wildman–Crippen LogP) is 3.69. The second kappa shape index (κ2) is 7.61. The van der Waals surface area contributed by atoms with Crippen molar-refractivity contribution in [1.82, 2.24) is 20.0 Å². The smallest absolute Gasteiger partial charge is 0.240 e. The molecule has 3 heterocycles. The average molecular weight is 385 g/mol. The zero-order valence-corrected chi connectivity index (χ0v) is 16.1. The van der Waals surface area contributed by atoms with Crippen molar-refractivity contribution in [3.8, 4) is 11.9 Å². The summed E-state index contributed by atoms with van der Waals surface area (Å²) in [6, 6.07) is 9.97. The summed E-state index contributed by atoms with van der Waals surface area (Å²) in [5.41, 5.74) is 3.61. The number of hydrogen-bond donors (Lipinski definition) is 1. The first-order valence-corrected chi connectivity index (χ1v) is 9.23. The van der Waals surface area contributed by atoms with Crippen LogP contribution in [0, 0.1) is 23.8 Å². The first kappa shape index (κ1) is 18.5. The number of benzene rings is 1. The van der Waals surface area contributed by atoms with Crippen LogP contribution in [0.5, 0.6) is 5.88 Å². The number of allylic oxidation sites excluding steroid dienone is 2. The van der Waals surface area contributed by atoms with Crippen molar-refractivity contribution in [2.45, 2.75) is 26.3 Å². The average Bonchev–Trinajstić information content (AvgIpc) is 3.37. The lowest BCUT2D eigenvalue weighted by molar-refractivity contribution is 0.283. The van der Waals surface area contributed by atoms with Crippen molar-refractivity contribution < 1.29 is 4.74 Å². The minimum Gasteiger partial charge on any atom is -0.474 e. The molecule has 2 aromatic heterocycles. The quantitative estimate of drug-likeness (QED) is 0.678. The van der Waals surface area contributed by atoms with E-state index < -0.39 is 5.92 Å². The summed E-state index contributed by atoms with van der Waals surface area (Å²) in [7, 11) is 0. The summed E-state index contributed by atoms with van der Waals surface area (Å²) in [5, 5.41) is 21.9. The van der Waals surface area contributed by atoms with Gasteiger partial charge in [-0.25, -0.2) is 4.85 Å². The summed E-state index contributed by atoms with van der Waals surface area (Å²) >= 11 is 0. The number of aliphatic imine (C=N–C) groups is 1. The number of nitrogens with zero attached hydrogens (tertiary/aromatic N) is 6. The van der Waals surface area contributed by atoms with Crippen LogP contribution in [0.3, 0.4) is 0 Å². The van der Waals surface area contributed by atoms with Gasteiger partial charge in [-0.15, -0.1) is 5.10 Å². The van der Waals surface area contributed by atoms with E-state index in [0.29, 0.717) is 30.4 Å². The molecular formula is C21H19N7O. The van der Waals surface area contributed by atoms with Gasteiger partial charge >= 0.3 is 0 Å². The number of rotatable bonds is 5. The Morgan fingerprint density at radius 2 is 2.24 bits per heavy atom. The molecule has 0 aliphatic carbocycles. The van der Waals surface area contributed by atoms with E-state index in [2.05, 4.69) is 31.2 Å². The fourth-order valence-corrected chi connectivity index (χ4v) is 3.66. The molecule has 1 N–H and O–H groups in total. The molecule has 4 rings (SSSR count). The topological polar surface area (TPSA) is 96.2 Å². The van der Waals surface area contributed by atoms with Gasteiger partial charge in [-0.2, -0.15) is 10.4 Å². The van der Waals surface area contributed by atoms with Crippen LogP contribution in [0.2, 0.25) is 0 Å². The lowest BCUT2D eigenvalue weighted by Crippen LogP contribution is -2.24. The van der Waals surface area contributed by atoms with Gasteiger partial charge in [0, 0.05) is 29.7 Å². The van der Waals surface area contributed by atoms with Gasteiger partial charge in [0.25, 0.3) is 0 Å². The Labute approximate surface area is 167 Å². The van der Waals surface area contributed by atoms with Crippen LogP contribution in [0.1, 0.15) is 25.3 Å². The fourth-order valence-electron chi connectivity index (χ4n) is 3.66. The summed E-state index contributed by atoms with van der Waals surface area (Å²) in [4.78, 5) is 8.10. The highest BCUT2D eigenvalue weighted by Gasteiger charge is 2.34. The molecule has 0 fully saturated rings. The third-order valence-corrected chi connectivity index (χ3v) is 5.08. The van der Waals surface area contributed by atoms with Gasteiger partial charge in [-0.1, -0.05) is 6.07 Å². The van der Waals surface area contributed by atoms with Crippen LogP contribution in [0.25, 0.3) is 15.7 Å². The SMILES string of the molecule is [C-]#[N+]C1=C(C)N=C(C)C(C#N)C1c1ccc2[nH]nc(OCCn3cccn3)c2c1. The second-order valence-electron chi connectivity index (χ2n) is 6.87. The van der Waals surface area contributed by atoms with Crippen molar-refractivity contribution >= 4 is 16.6 Å². The number of nitrogens with one attached hydrogen (secondary N) is 1. The number of nitriles is 1.